The first kappa shape index (κ1) is 47.3. The number of fused-ring (bicyclic) bond motifs is 6. The number of rotatable bonds is 11. The fourth-order valence-corrected chi connectivity index (χ4v) is 11.5. The summed E-state index contributed by atoms with van der Waals surface area (Å²) in [5, 5.41) is 23.6. The third kappa shape index (κ3) is 8.47. The molecule has 0 bridgehead atoms. The lowest BCUT2D eigenvalue weighted by molar-refractivity contribution is 1.18. The highest BCUT2D eigenvalue weighted by Crippen LogP contribution is 2.43. The molecule has 12 aromatic carbocycles. The van der Waals surface area contributed by atoms with Gasteiger partial charge in [-0.05, 0) is 179 Å². The molecule has 0 saturated heterocycles. The van der Waals surface area contributed by atoms with E-state index in [9.17, 15) is 10.5 Å². The summed E-state index contributed by atoms with van der Waals surface area (Å²) in [5.74, 6) is 0. The largest absolute Gasteiger partial charge is 0.310 e. The number of para-hydroxylation sites is 4. The van der Waals surface area contributed by atoms with E-state index >= 15 is 0 Å². The van der Waals surface area contributed by atoms with Crippen LogP contribution in [-0.2, 0) is 0 Å². The number of hydrogen-bond donors (Lipinski definition) is 0. The van der Waals surface area contributed by atoms with Crippen LogP contribution in [0.5, 0.6) is 0 Å². The Kier molecular flexibility index (Phi) is 11.9. The maximum absolute atomic E-state index is 9.45. The molecular weight excluding hydrogens is 973 g/mol. The fourth-order valence-electron chi connectivity index (χ4n) is 11.5. The van der Waals surface area contributed by atoms with E-state index in [2.05, 4.69) is 274 Å². The van der Waals surface area contributed by atoms with Crippen molar-refractivity contribution in [2.75, 3.05) is 9.80 Å². The van der Waals surface area contributed by atoms with Gasteiger partial charge >= 0.3 is 0 Å². The highest BCUT2D eigenvalue weighted by atomic mass is 15.1. The predicted molar refractivity (Wildman–Crippen MR) is 330 cm³/mol. The second kappa shape index (κ2) is 20.1. The van der Waals surface area contributed by atoms with Crippen molar-refractivity contribution in [2.45, 2.75) is 0 Å². The number of nitriles is 2. The molecule has 0 aliphatic rings. The summed E-state index contributed by atoms with van der Waals surface area (Å²) in [6.07, 6.45) is 0. The Morgan fingerprint density at radius 3 is 0.812 bits per heavy atom. The molecule has 6 heteroatoms. The SMILES string of the molecule is N#Cc1ccc(-c2ccc(N(c3ccc(-c4ccc(N(c5ccc(-c6ccc(C#N)cc6)cc5)c5ccc6c(c5)c5ccccc5n6-c5ccccc5)cc4)cc3)c3ccc4c(c3)c3ccccc3n4-c3ccccc3)cc2)cc1. The van der Waals surface area contributed by atoms with E-state index in [4.69, 9.17) is 0 Å². The van der Waals surface area contributed by atoms with Crippen molar-refractivity contribution >= 4 is 77.7 Å². The minimum Gasteiger partial charge on any atom is -0.310 e. The maximum atomic E-state index is 9.45. The van der Waals surface area contributed by atoms with E-state index in [0.717, 1.165) is 101 Å². The quantitative estimate of drug-likeness (QED) is 0.129. The maximum Gasteiger partial charge on any atom is 0.0991 e. The van der Waals surface area contributed by atoms with Gasteiger partial charge in [0.1, 0.15) is 0 Å². The van der Waals surface area contributed by atoms with Gasteiger partial charge < -0.3 is 18.9 Å². The van der Waals surface area contributed by atoms with Crippen LogP contribution in [0.1, 0.15) is 11.1 Å². The van der Waals surface area contributed by atoms with Crippen LogP contribution < -0.4 is 9.80 Å². The normalized spacial score (nSPS) is 11.2. The fraction of sp³-hybridized carbons (Fsp3) is 0. The van der Waals surface area contributed by atoms with Gasteiger partial charge in [0.25, 0.3) is 0 Å². The van der Waals surface area contributed by atoms with Gasteiger partial charge in [-0.25, -0.2) is 0 Å². The molecule has 0 N–H and O–H groups in total. The first-order valence-electron chi connectivity index (χ1n) is 26.8. The topological polar surface area (TPSA) is 63.9 Å². The van der Waals surface area contributed by atoms with Crippen molar-refractivity contribution in [3.63, 3.8) is 0 Å². The number of hydrogen-bond acceptors (Lipinski definition) is 4. The van der Waals surface area contributed by atoms with Crippen molar-refractivity contribution in [3.05, 3.63) is 302 Å². The van der Waals surface area contributed by atoms with Gasteiger partial charge in [0.15, 0.2) is 0 Å². The standard InChI is InChI=1S/C74H48N6/c75-49-51-19-23-53(24-20-51)55-27-35-61(36-28-55)77(65-43-45-73-69(47-65)67-15-7-9-17-71(67)79(73)59-11-3-1-4-12-59)63-39-31-57(32-40-63)58-33-41-64(42-34-58)78(62-37-29-56(30-38-62)54-25-21-52(50-76)22-26-54)66-44-46-74-70(48-66)68-16-8-10-18-72(68)80(74)60-13-5-2-6-14-60/h1-48H. The van der Waals surface area contributed by atoms with Gasteiger partial charge in [-0.1, -0.05) is 146 Å². The zero-order chi connectivity index (χ0) is 53.5. The van der Waals surface area contributed by atoms with Crippen molar-refractivity contribution in [1.29, 1.82) is 10.5 Å². The third-order valence-corrected chi connectivity index (χ3v) is 15.4. The molecule has 14 rings (SSSR count). The molecule has 14 aromatic rings. The van der Waals surface area contributed by atoms with Crippen LogP contribution in [0.3, 0.4) is 0 Å². The molecule has 0 amide bonds. The summed E-state index contributed by atoms with van der Waals surface area (Å²) in [5.41, 5.74) is 20.8. The predicted octanol–water partition coefficient (Wildman–Crippen LogP) is 19.6. The Bertz CT molecular complexity index is 4360. The molecule has 0 fully saturated rings. The Balaban J connectivity index is 0.840. The average molecular weight is 1020 g/mol. The summed E-state index contributed by atoms with van der Waals surface area (Å²) in [6.45, 7) is 0. The Hall–Kier alpha value is -11.2. The first-order valence-corrected chi connectivity index (χ1v) is 26.8. The second-order valence-corrected chi connectivity index (χ2v) is 20.0. The van der Waals surface area contributed by atoms with Crippen LogP contribution in [0.15, 0.2) is 291 Å². The second-order valence-electron chi connectivity index (χ2n) is 20.0. The minimum absolute atomic E-state index is 0.642. The highest BCUT2D eigenvalue weighted by Gasteiger charge is 2.21. The van der Waals surface area contributed by atoms with Crippen LogP contribution in [-0.4, -0.2) is 9.13 Å². The lowest BCUT2D eigenvalue weighted by Crippen LogP contribution is -2.10. The Morgan fingerprint density at radius 2 is 0.500 bits per heavy atom. The van der Waals surface area contributed by atoms with E-state index in [1.165, 1.54) is 21.5 Å². The molecule has 0 unspecified atom stereocenters. The minimum atomic E-state index is 0.642. The van der Waals surface area contributed by atoms with E-state index in [-0.39, 0.29) is 0 Å². The van der Waals surface area contributed by atoms with E-state index in [0.29, 0.717) is 11.1 Å². The molecule has 0 atom stereocenters. The van der Waals surface area contributed by atoms with Gasteiger partial charge in [0, 0.05) is 67.0 Å². The van der Waals surface area contributed by atoms with Gasteiger partial charge in [-0.15, -0.1) is 0 Å². The van der Waals surface area contributed by atoms with E-state index < -0.39 is 0 Å². The monoisotopic (exact) mass is 1020 g/mol. The number of aromatic nitrogens is 2. The third-order valence-electron chi connectivity index (χ3n) is 15.4. The van der Waals surface area contributed by atoms with Crippen molar-refractivity contribution < 1.29 is 0 Å². The van der Waals surface area contributed by atoms with Crippen molar-refractivity contribution in [2.24, 2.45) is 0 Å². The number of anilines is 6. The van der Waals surface area contributed by atoms with Crippen LogP contribution in [0.2, 0.25) is 0 Å². The molecule has 0 aliphatic carbocycles. The van der Waals surface area contributed by atoms with Crippen LogP contribution >= 0.6 is 0 Å². The highest BCUT2D eigenvalue weighted by molar-refractivity contribution is 6.12. The molecule has 80 heavy (non-hydrogen) atoms. The average Bonchev–Trinajstić information content (AvgIpc) is 4.28. The van der Waals surface area contributed by atoms with E-state index in [1.807, 2.05) is 48.5 Å². The Labute approximate surface area is 464 Å². The van der Waals surface area contributed by atoms with Crippen molar-refractivity contribution in [3.8, 4) is 56.9 Å². The molecular formula is C74H48N6. The van der Waals surface area contributed by atoms with Crippen LogP contribution in [0.4, 0.5) is 34.1 Å². The van der Waals surface area contributed by atoms with Gasteiger partial charge in [-0.3, -0.25) is 0 Å². The molecule has 0 saturated carbocycles. The van der Waals surface area contributed by atoms with Crippen LogP contribution in [0.25, 0.3) is 88.4 Å². The molecule has 0 spiro atoms. The molecule has 374 valence electrons. The summed E-state index contributed by atoms with van der Waals surface area (Å²) in [7, 11) is 0. The summed E-state index contributed by atoms with van der Waals surface area (Å²) >= 11 is 0. The molecule has 2 heterocycles. The summed E-state index contributed by atoms with van der Waals surface area (Å²) in [6, 6.07) is 107. The molecule has 2 aromatic heterocycles. The molecule has 0 aliphatic heterocycles. The lowest BCUT2D eigenvalue weighted by Gasteiger charge is -2.27. The summed E-state index contributed by atoms with van der Waals surface area (Å²) in [4.78, 5) is 4.67. The van der Waals surface area contributed by atoms with Crippen LogP contribution in [0, 0.1) is 22.7 Å². The van der Waals surface area contributed by atoms with Gasteiger partial charge in [0.2, 0.25) is 0 Å². The van der Waals surface area contributed by atoms with Gasteiger partial charge in [-0.2, -0.15) is 10.5 Å². The van der Waals surface area contributed by atoms with E-state index in [1.54, 1.807) is 0 Å². The molecule has 6 nitrogen and oxygen atoms in total. The number of benzene rings is 12. The van der Waals surface area contributed by atoms with Crippen molar-refractivity contribution in [1.82, 2.24) is 9.13 Å². The lowest BCUT2D eigenvalue weighted by atomic mass is 10.0. The first-order chi connectivity index (χ1) is 39.6. The Morgan fingerprint density at radius 1 is 0.237 bits per heavy atom. The van der Waals surface area contributed by atoms with Gasteiger partial charge in [0.05, 0.1) is 45.3 Å². The summed E-state index contributed by atoms with van der Waals surface area (Å²) < 4.78 is 4.70. The number of nitrogens with zero attached hydrogens (tertiary/aromatic N) is 6. The smallest absolute Gasteiger partial charge is 0.0991 e. The molecule has 0 radical (unpaired) electrons. The zero-order valence-corrected chi connectivity index (χ0v) is 43.4. The zero-order valence-electron chi connectivity index (χ0n) is 43.4.